The Kier molecular flexibility index (Phi) is 9.34. The summed E-state index contributed by atoms with van der Waals surface area (Å²) in [7, 11) is -2.74. The monoisotopic (exact) mass is 486 g/mol. The minimum atomic E-state index is -5.14. The lowest BCUT2D eigenvalue weighted by Crippen LogP contribution is -2.65. The summed E-state index contributed by atoms with van der Waals surface area (Å²) in [6.45, 7) is -1.29. The van der Waals surface area contributed by atoms with Gasteiger partial charge in [0, 0.05) is 14.1 Å². The van der Waals surface area contributed by atoms with E-state index in [0.717, 1.165) is 16.8 Å². The Morgan fingerprint density at radius 3 is 1.97 bits per heavy atom. The topological polar surface area (TPSA) is 286 Å². The predicted octanol–water partition coefficient (Wildman–Crippen LogP) is -5.00. The van der Waals surface area contributed by atoms with E-state index in [1.165, 1.54) is 7.05 Å². The van der Waals surface area contributed by atoms with Crippen molar-refractivity contribution in [2.45, 2.75) is 36.6 Å². The van der Waals surface area contributed by atoms with E-state index in [1.54, 1.807) is 0 Å². The molecule has 0 aromatic carbocycles. The van der Waals surface area contributed by atoms with Crippen LogP contribution in [0.25, 0.3) is 0 Å². The first kappa shape index (κ1) is 27.5. The van der Waals surface area contributed by atoms with Crippen molar-refractivity contribution >= 4 is 31.6 Å². The van der Waals surface area contributed by atoms with E-state index in [2.05, 4.69) is 4.76 Å². The number of aliphatic hydroxyl groups is 4. The van der Waals surface area contributed by atoms with Crippen LogP contribution in [0, 0.1) is 5.41 Å². The second-order valence-electron chi connectivity index (χ2n) is 6.93. The quantitative estimate of drug-likeness (QED) is 0.0671. The zero-order valence-electron chi connectivity index (χ0n) is 17.0. The van der Waals surface area contributed by atoms with Crippen LogP contribution in [0.5, 0.6) is 0 Å². The number of aliphatic hydroxyl groups excluding tert-OH is 4. The number of esters is 1. The first-order chi connectivity index (χ1) is 14.6. The highest BCUT2D eigenvalue weighted by molar-refractivity contribution is 7.51. The Balaban J connectivity index is 3.14. The number of ether oxygens (including phenoxy) is 1. The molecule has 11 N–H and O–H groups in total. The number of carboxylic acid groups (broad SMARTS) is 1. The zero-order chi connectivity index (χ0) is 25.0. The molecule has 7 atom stereocenters. The van der Waals surface area contributed by atoms with Gasteiger partial charge in [-0.05, 0) is 0 Å². The molecule has 1 aliphatic carbocycles. The minimum Gasteiger partial charge on any atom is -0.480 e. The largest absolute Gasteiger partial charge is 0.480 e. The molecule has 0 amide bonds. The number of likely N-dealkylation sites (N-methyl/N-ethyl adjacent to an activating group) is 2. The Labute approximate surface area is 181 Å². The number of carbonyl (C=O) groups is 2. The molecule has 17 nitrogen and oxygen atoms in total. The van der Waals surface area contributed by atoms with Crippen molar-refractivity contribution in [1.82, 2.24) is 9.80 Å². The molecule has 1 fully saturated rings. The van der Waals surface area contributed by atoms with Crippen molar-refractivity contribution in [1.29, 1.82) is 5.41 Å². The number of carboxylic acids is 1. The number of hydrogen-bond acceptors (Lipinski definition) is 10. The van der Waals surface area contributed by atoms with Gasteiger partial charge in [-0.3, -0.25) is 19.5 Å². The van der Waals surface area contributed by atoms with Crippen molar-refractivity contribution in [2.24, 2.45) is 16.2 Å². The Hall–Kier alpha value is -2.53. The molecule has 0 bridgehead atoms. The molecular formula is C14H27N6O11P. The van der Waals surface area contributed by atoms with Gasteiger partial charge >= 0.3 is 19.7 Å². The minimum absolute atomic E-state index is 0.510. The average molecular weight is 486 g/mol. The summed E-state index contributed by atoms with van der Waals surface area (Å²) in [4.78, 5) is 34.5. The molecule has 0 spiro atoms. The van der Waals surface area contributed by atoms with E-state index in [0.29, 0.717) is 0 Å². The van der Waals surface area contributed by atoms with Crippen LogP contribution < -0.4 is 11.5 Å². The molecule has 1 saturated carbocycles. The van der Waals surface area contributed by atoms with Gasteiger partial charge in [-0.1, -0.05) is 0 Å². The van der Waals surface area contributed by atoms with Crippen molar-refractivity contribution in [3.05, 3.63) is 0 Å². The molecule has 1 aliphatic rings. The summed E-state index contributed by atoms with van der Waals surface area (Å²) in [6.07, 6.45) is -12.3. The fraction of sp³-hybridized carbons (Fsp3) is 0.714. The molecule has 32 heavy (non-hydrogen) atoms. The van der Waals surface area contributed by atoms with Crippen molar-refractivity contribution in [3.63, 3.8) is 0 Å². The van der Waals surface area contributed by atoms with Gasteiger partial charge < -0.3 is 56.4 Å². The van der Waals surface area contributed by atoms with Crippen LogP contribution in [0.4, 0.5) is 0 Å². The fourth-order valence-corrected chi connectivity index (χ4v) is 3.60. The summed E-state index contributed by atoms with van der Waals surface area (Å²) >= 11 is 0. The van der Waals surface area contributed by atoms with Crippen molar-refractivity contribution < 1.29 is 53.8 Å². The number of nitrogens with one attached hydrogen (secondary N) is 1. The van der Waals surface area contributed by atoms with Crippen LogP contribution in [-0.4, -0.2) is 128 Å². The second-order valence-corrected chi connectivity index (χ2v) is 8.32. The summed E-state index contributed by atoms with van der Waals surface area (Å²) in [5.74, 6) is -3.70. The molecule has 0 aromatic rings. The Morgan fingerprint density at radius 1 is 1.00 bits per heavy atom. The number of nitrogens with zero attached hydrogens (tertiary/aromatic N) is 3. The van der Waals surface area contributed by atoms with Crippen molar-refractivity contribution in [3.8, 4) is 0 Å². The molecule has 0 saturated heterocycles. The van der Waals surface area contributed by atoms with Crippen LogP contribution in [0.2, 0.25) is 0 Å². The van der Waals surface area contributed by atoms with Gasteiger partial charge in [-0.15, -0.1) is 4.76 Å². The maximum atomic E-state index is 12.4. The average Bonchev–Trinajstić information content (AvgIpc) is 2.66. The lowest BCUT2D eigenvalue weighted by atomic mass is 9.85. The van der Waals surface area contributed by atoms with Gasteiger partial charge in [-0.2, -0.15) is 0 Å². The highest BCUT2D eigenvalue weighted by atomic mass is 31.2. The van der Waals surface area contributed by atoms with Gasteiger partial charge in [0.05, 0.1) is 0 Å². The highest BCUT2D eigenvalue weighted by Gasteiger charge is 2.53. The van der Waals surface area contributed by atoms with Gasteiger partial charge in [-0.25, -0.2) is 4.57 Å². The third-order valence-corrected chi connectivity index (χ3v) is 5.32. The van der Waals surface area contributed by atoms with E-state index in [4.69, 9.17) is 31.2 Å². The molecule has 0 aliphatic heterocycles. The predicted molar refractivity (Wildman–Crippen MR) is 105 cm³/mol. The second kappa shape index (κ2) is 10.9. The summed E-state index contributed by atoms with van der Waals surface area (Å²) in [6, 6.07) is 0. The Bertz CT molecular complexity index is 797. The number of nitrogens with two attached hydrogens (primary N) is 2. The number of rotatable bonds is 8. The third kappa shape index (κ3) is 7.27. The lowest BCUT2D eigenvalue weighted by molar-refractivity contribution is -0.229. The van der Waals surface area contributed by atoms with Gasteiger partial charge in [0.15, 0.2) is 12.1 Å². The fourth-order valence-electron chi connectivity index (χ4n) is 2.58. The number of guanidine groups is 2. The van der Waals surface area contributed by atoms with Crippen LogP contribution in [0.15, 0.2) is 4.76 Å². The molecular weight excluding hydrogens is 459 g/mol. The van der Waals surface area contributed by atoms with Crippen LogP contribution in [0.3, 0.4) is 0 Å². The van der Waals surface area contributed by atoms with E-state index >= 15 is 0 Å². The first-order valence-corrected chi connectivity index (χ1v) is 10.4. The maximum Gasteiger partial charge on any atom is 0.454 e. The molecule has 0 radical (unpaired) electrons. The van der Waals surface area contributed by atoms with E-state index < -0.39 is 81.3 Å². The number of carbonyl (C=O) groups excluding carboxylic acids is 1. The number of aliphatic carboxylic acids is 1. The maximum absolute atomic E-state index is 12.4. The molecule has 1 unspecified atom stereocenters. The Morgan fingerprint density at radius 2 is 1.50 bits per heavy atom. The molecule has 18 heteroatoms. The van der Waals surface area contributed by atoms with E-state index in [9.17, 15) is 39.5 Å². The summed E-state index contributed by atoms with van der Waals surface area (Å²) in [5, 5.41) is 56.1. The van der Waals surface area contributed by atoms with Crippen LogP contribution >= 0.6 is 7.75 Å². The van der Waals surface area contributed by atoms with E-state index in [1.807, 2.05) is 0 Å². The summed E-state index contributed by atoms with van der Waals surface area (Å²) < 4.78 is 25.3. The molecule has 0 aromatic heterocycles. The van der Waals surface area contributed by atoms with Crippen LogP contribution in [-0.2, 0) is 23.4 Å². The van der Waals surface area contributed by atoms with Crippen molar-refractivity contribution in [2.75, 3.05) is 27.2 Å². The molecule has 184 valence electrons. The van der Waals surface area contributed by atoms with Gasteiger partial charge in [0.1, 0.15) is 43.6 Å². The van der Waals surface area contributed by atoms with E-state index in [-0.39, 0.29) is 0 Å². The smallest absolute Gasteiger partial charge is 0.454 e. The van der Waals surface area contributed by atoms with Gasteiger partial charge in [0.2, 0.25) is 5.96 Å². The number of hydrogen-bond donors (Lipinski definition) is 9. The SMILES string of the molecule is CN(CC(=O)O[C@@H]1[C@@H](O)[C@H](O)[C@@H](O)[C@H](O)[C@@H]1OP(=O)(O)N=C(N)N(C)CC(=O)O)C(=N)N. The lowest BCUT2D eigenvalue weighted by Gasteiger charge is -2.43. The normalized spacial score (nSPS) is 30.2. The third-order valence-electron chi connectivity index (χ3n) is 4.34. The molecule has 1 rings (SSSR count). The summed E-state index contributed by atoms with van der Waals surface area (Å²) in [5.41, 5.74) is 10.6. The van der Waals surface area contributed by atoms with Crippen LogP contribution in [0.1, 0.15) is 0 Å². The van der Waals surface area contributed by atoms with Gasteiger partial charge in [0.25, 0.3) is 0 Å². The molecule has 0 heterocycles. The standard InChI is InChI=1S/C14H27N6O11P/c1-19(13(15)16)4-6(23)30-11-9(26)7(24)8(25)10(27)12(11)31-32(28,29)18-14(17)20(2)3-5(21)22/h7-12,24-27H,3-4H2,1-2H3,(H3,15,16)(H,21,22)(H3,17,18,28,29)/t7-,8-,9+,10+,11-,12+/m1/s1. The first-order valence-electron chi connectivity index (χ1n) is 8.84. The zero-order valence-corrected chi connectivity index (χ0v) is 17.9. The highest BCUT2D eigenvalue weighted by Crippen LogP contribution is 2.47.